The molecule has 162 valence electrons. The van der Waals surface area contributed by atoms with Gasteiger partial charge in [-0.1, -0.05) is 36.6 Å². The Bertz CT molecular complexity index is 870. The minimum atomic E-state index is -1.31. The molecule has 1 saturated heterocycles. The number of amides is 2. The van der Waals surface area contributed by atoms with Crippen LogP contribution in [0, 0.1) is 5.92 Å². The van der Waals surface area contributed by atoms with E-state index in [0.29, 0.717) is 12.3 Å². The number of nitrogens with zero attached hydrogens (tertiary/aromatic N) is 1. The maximum Gasteiger partial charge on any atom is 0.230 e. The molecule has 2 aromatic rings. The standard InChI is InChI=1S/C22H27ClN2O4S/c23-18-8-6-16(7-9-18)5-3-1-2-4-11-25-21(27)19(13-20(24)26)22(25)30(28)15-17-10-12-29-14-17/h6-10,12,14,19,22H,1-5,11,13,15H2,(H2,24,26). The average Bonchev–Trinajstić information content (AvgIpc) is 3.22. The first kappa shape index (κ1) is 22.6. The molecule has 30 heavy (non-hydrogen) atoms. The van der Waals surface area contributed by atoms with Crippen molar-refractivity contribution in [3.8, 4) is 0 Å². The number of carbonyl (C=O) groups excluding carboxylic acids is 2. The lowest BCUT2D eigenvalue weighted by molar-refractivity contribution is -0.152. The molecule has 3 unspecified atom stereocenters. The lowest BCUT2D eigenvalue weighted by atomic mass is 9.93. The SMILES string of the molecule is NC(=O)CC1C(=O)N(CCCCCCc2ccc(Cl)cc2)C1S(=O)Cc1ccoc1. The van der Waals surface area contributed by atoms with Gasteiger partial charge in [-0.2, -0.15) is 0 Å². The van der Waals surface area contributed by atoms with E-state index < -0.39 is 28.0 Å². The van der Waals surface area contributed by atoms with Crippen LogP contribution in [0.5, 0.6) is 0 Å². The third-order valence-electron chi connectivity index (χ3n) is 5.36. The van der Waals surface area contributed by atoms with Crippen LogP contribution in [-0.2, 0) is 32.6 Å². The fraction of sp³-hybridized carbons (Fsp3) is 0.455. The summed E-state index contributed by atoms with van der Waals surface area (Å²) in [4.78, 5) is 25.5. The molecule has 2 amide bonds. The van der Waals surface area contributed by atoms with E-state index in [-0.39, 0.29) is 12.3 Å². The van der Waals surface area contributed by atoms with Crippen molar-refractivity contribution in [2.75, 3.05) is 6.54 Å². The zero-order valence-corrected chi connectivity index (χ0v) is 18.4. The van der Waals surface area contributed by atoms with E-state index in [2.05, 4.69) is 0 Å². The lowest BCUT2D eigenvalue weighted by Crippen LogP contribution is -2.63. The van der Waals surface area contributed by atoms with E-state index in [0.717, 1.165) is 42.7 Å². The summed E-state index contributed by atoms with van der Waals surface area (Å²) in [6.45, 7) is 0.552. The highest BCUT2D eigenvalue weighted by atomic mass is 35.5. The number of nitrogens with two attached hydrogens (primary N) is 1. The molecule has 8 heteroatoms. The summed E-state index contributed by atoms with van der Waals surface area (Å²) in [5.74, 6) is -0.956. The third-order valence-corrected chi connectivity index (χ3v) is 7.35. The predicted octanol–water partition coefficient (Wildman–Crippen LogP) is 3.64. The molecule has 1 aromatic carbocycles. The number of hydrogen-bond acceptors (Lipinski definition) is 4. The van der Waals surface area contributed by atoms with Crippen LogP contribution >= 0.6 is 11.6 Å². The molecular formula is C22H27ClN2O4S. The fourth-order valence-electron chi connectivity index (χ4n) is 3.80. The summed E-state index contributed by atoms with van der Waals surface area (Å²) in [5, 5.41) is 0.279. The number of aryl methyl sites for hydroxylation is 1. The lowest BCUT2D eigenvalue weighted by Gasteiger charge is -2.46. The van der Waals surface area contributed by atoms with Crippen molar-refractivity contribution in [3.63, 3.8) is 0 Å². The van der Waals surface area contributed by atoms with E-state index in [4.69, 9.17) is 21.8 Å². The summed E-state index contributed by atoms with van der Waals surface area (Å²) in [7, 11) is -1.31. The average molecular weight is 451 g/mol. The minimum Gasteiger partial charge on any atom is -0.472 e. The topological polar surface area (TPSA) is 93.6 Å². The normalized spacial score (nSPS) is 19.5. The molecule has 1 aliphatic heterocycles. The molecule has 0 aliphatic carbocycles. The Kier molecular flexibility index (Phi) is 8.10. The van der Waals surface area contributed by atoms with Crippen LogP contribution in [-0.4, -0.2) is 32.8 Å². The molecule has 0 spiro atoms. The van der Waals surface area contributed by atoms with Crippen molar-refractivity contribution in [2.24, 2.45) is 11.7 Å². The molecule has 6 nitrogen and oxygen atoms in total. The smallest absolute Gasteiger partial charge is 0.230 e. The summed E-state index contributed by atoms with van der Waals surface area (Å²) < 4.78 is 17.9. The Morgan fingerprint density at radius 1 is 1.10 bits per heavy atom. The first-order valence-electron chi connectivity index (χ1n) is 10.2. The van der Waals surface area contributed by atoms with Crippen molar-refractivity contribution in [1.82, 2.24) is 4.90 Å². The molecule has 0 saturated carbocycles. The Balaban J connectivity index is 1.45. The quantitative estimate of drug-likeness (QED) is 0.394. The van der Waals surface area contributed by atoms with Gasteiger partial charge < -0.3 is 15.1 Å². The van der Waals surface area contributed by atoms with Gasteiger partial charge in [0, 0.05) is 34.4 Å². The van der Waals surface area contributed by atoms with E-state index in [1.807, 2.05) is 24.3 Å². The number of hydrogen-bond donors (Lipinski definition) is 1. The van der Waals surface area contributed by atoms with Crippen LogP contribution in [0.15, 0.2) is 47.3 Å². The van der Waals surface area contributed by atoms with Crippen LogP contribution in [0.3, 0.4) is 0 Å². The molecule has 0 bridgehead atoms. The van der Waals surface area contributed by atoms with Gasteiger partial charge in [-0.15, -0.1) is 0 Å². The second-order valence-electron chi connectivity index (χ2n) is 7.65. The monoisotopic (exact) mass is 450 g/mol. The van der Waals surface area contributed by atoms with Gasteiger partial charge in [0.1, 0.15) is 5.37 Å². The molecule has 1 fully saturated rings. The van der Waals surface area contributed by atoms with Crippen molar-refractivity contribution in [2.45, 2.75) is 49.7 Å². The van der Waals surface area contributed by atoms with Gasteiger partial charge in [0.15, 0.2) is 0 Å². The second kappa shape index (κ2) is 10.8. The Morgan fingerprint density at radius 3 is 2.50 bits per heavy atom. The zero-order chi connectivity index (χ0) is 21.5. The fourth-order valence-corrected chi connectivity index (χ4v) is 5.66. The van der Waals surface area contributed by atoms with Crippen LogP contribution in [0.4, 0.5) is 0 Å². The first-order valence-corrected chi connectivity index (χ1v) is 11.9. The number of halogens is 1. The van der Waals surface area contributed by atoms with Gasteiger partial charge in [-0.3, -0.25) is 13.8 Å². The molecule has 0 radical (unpaired) electrons. The van der Waals surface area contributed by atoms with Crippen LogP contribution < -0.4 is 5.73 Å². The van der Waals surface area contributed by atoms with Gasteiger partial charge in [0.2, 0.25) is 11.8 Å². The molecule has 3 atom stereocenters. The molecule has 1 aliphatic rings. The van der Waals surface area contributed by atoms with Gasteiger partial charge in [-0.25, -0.2) is 0 Å². The highest BCUT2D eigenvalue weighted by molar-refractivity contribution is 7.85. The van der Waals surface area contributed by atoms with E-state index in [1.165, 1.54) is 11.8 Å². The van der Waals surface area contributed by atoms with Gasteiger partial charge in [0.25, 0.3) is 0 Å². The number of benzene rings is 1. The predicted molar refractivity (Wildman–Crippen MR) is 117 cm³/mol. The van der Waals surface area contributed by atoms with E-state index >= 15 is 0 Å². The van der Waals surface area contributed by atoms with Crippen LogP contribution in [0.25, 0.3) is 0 Å². The largest absolute Gasteiger partial charge is 0.472 e. The second-order valence-corrected chi connectivity index (χ2v) is 9.62. The number of rotatable bonds is 12. The number of carbonyl (C=O) groups is 2. The highest BCUT2D eigenvalue weighted by Crippen LogP contribution is 2.33. The summed E-state index contributed by atoms with van der Waals surface area (Å²) in [6, 6.07) is 9.64. The van der Waals surface area contributed by atoms with E-state index in [9.17, 15) is 13.8 Å². The maximum absolute atomic E-state index is 12.9. The number of likely N-dealkylation sites (tertiary alicyclic amines) is 1. The summed E-state index contributed by atoms with van der Waals surface area (Å²) in [6.07, 6.45) is 7.96. The Morgan fingerprint density at radius 2 is 1.83 bits per heavy atom. The molecular weight excluding hydrogens is 424 g/mol. The highest BCUT2D eigenvalue weighted by Gasteiger charge is 2.50. The van der Waals surface area contributed by atoms with Gasteiger partial charge >= 0.3 is 0 Å². The number of primary amides is 1. The maximum atomic E-state index is 12.9. The van der Waals surface area contributed by atoms with Crippen molar-refractivity contribution < 1.29 is 18.2 Å². The molecule has 1 aromatic heterocycles. The Hall–Kier alpha value is -2.12. The van der Waals surface area contributed by atoms with Gasteiger partial charge in [-0.05, 0) is 43.0 Å². The molecule has 2 heterocycles. The first-order chi connectivity index (χ1) is 14.5. The minimum absolute atomic E-state index is 0.0573. The third kappa shape index (κ3) is 5.95. The zero-order valence-electron chi connectivity index (χ0n) is 16.8. The number of furan rings is 1. The number of unbranched alkanes of at least 4 members (excludes halogenated alkanes) is 3. The Labute approximate surface area is 184 Å². The summed E-state index contributed by atoms with van der Waals surface area (Å²) in [5.41, 5.74) is 7.37. The van der Waals surface area contributed by atoms with Crippen molar-refractivity contribution in [3.05, 3.63) is 59.0 Å². The van der Waals surface area contributed by atoms with Crippen LogP contribution in [0.2, 0.25) is 5.02 Å². The van der Waals surface area contributed by atoms with E-state index in [1.54, 1.807) is 17.2 Å². The van der Waals surface area contributed by atoms with Crippen molar-refractivity contribution in [1.29, 1.82) is 0 Å². The summed E-state index contributed by atoms with van der Waals surface area (Å²) >= 11 is 5.90. The number of β-lactam (4-membered cyclic amide) rings is 1. The van der Waals surface area contributed by atoms with Crippen LogP contribution in [0.1, 0.15) is 43.2 Å². The molecule has 3 rings (SSSR count). The van der Waals surface area contributed by atoms with Crippen molar-refractivity contribution >= 4 is 34.2 Å². The van der Waals surface area contributed by atoms with Gasteiger partial charge in [0.05, 0.1) is 24.2 Å². The molecule has 2 N–H and O–H groups in total.